The molecule has 2 fully saturated rings. The SMILES string of the molecule is C/C=C\[C@H](C)[C@H]1O[C@]1(C)[C@@H](O)[C@@H](CO)C(=O)[C@@H]1CO[C@@](O)(CC)C[C@@H]1O. The van der Waals surface area contributed by atoms with Gasteiger partial charge in [-0.1, -0.05) is 26.0 Å². The van der Waals surface area contributed by atoms with Crippen LogP contribution in [0.3, 0.4) is 0 Å². The largest absolute Gasteiger partial charge is 0.396 e. The Balaban J connectivity index is 2.07. The topological polar surface area (TPSA) is 120 Å². The van der Waals surface area contributed by atoms with E-state index in [4.69, 9.17) is 9.47 Å². The van der Waals surface area contributed by atoms with Gasteiger partial charge in [0.15, 0.2) is 5.79 Å². The Hall–Kier alpha value is -0.830. The van der Waals surface area contributed by atoms with Crippen LogP contribution in [0.15, 0.2) is 12.2 Å². The van der Waals surface area contributed by atoms with Gasteiger partial charge in [0.25, 0.3) is 0 Å². The Bertz CT molecular complexity index is 536. The number of epoxide rings is 1. The van der Waals surface area contributed by atoms with Gasteiger partial charge < -0.3 is 29.9 Å². The van der Waals surface area contributed by atoms with E-state index < -0.39 is 47.8 Å². The minimum Gasteiger partial charge on any atom is -0.396 e. The van der Waals surface area contributed by atoms with Crippen molar-refractivity contribution in [2.45, 2.75) is 70.2 Å². The summed E-state index contributed by atoms with van der Waals surface area (Å²) in [5, 5.41) is 40.9. The van der Waals surface area contributed by atoms with Crippen molar-refractivity contribution in [3.63, 3.8) is 0 Å². The predicted octanol–water partition coefficient (Wildman–Crippen LogP) is 0.391. The molecule has 2 saturated heterocycles. The maximum Gasteiger partial charge on any atom is 0.167 e. The summed E-state index contributed by atoms with van der Waals surface area (Å²) in [6, 6.07) is 0. The fraction of sp³-hybridized carbons (Fsp3) is 0.842. The van der Waals surface area contributed by atoms with E-state index in [-0.39, 0.29) is 25.0 Å². The lowest BCUT2D eigenvalue weighted by atomic mass is 9.78. The first-order chi connectivity index (χ1) is 12.1. The molecule has 0 spiro atoms. The first-order valence-corrected chi connectivity index (χ1v) is 9.31. The molecule has 0 bridgehead atoms. The van der Waals surface area contributed by atoms with Crippen LogP contribution in [0.1, 0.15) is 40.5 Å². The zero-order chi connectivity index (χ0) is 19.7. The second-order valence-corrected chi connectivity index (χ2v) is 7.73. The number of allylic oxidation sites excluding steroid dienone is 1. The van der Waals surface area contributed by atoms with Crippen molar-refractivity contribution in [1.82, 2.24) is 0 Å². The molecule has 0 aromatic heterocycles. The van der Waals surface area contributed by atoms with Crippen molar-refractivity contribution in [2.75, 3.05) is 13.2 Å². The molecule has 0 amide bonds. The fourth-order valence-corrected chi connectivity index (χ4v) is 3.93. The van der Waals surface area contributed by atoms with Gasteiger partial charge in [-0.2, -0.15) is 0 Å². The molecule has 7 nitrogen and oxygen atoms in total. The van der Waals surface area contributed by atoms with E-state index in [2.05, 4.69) is 0 Å². The second-order valence-electron chi connectivity index (χ2n) is 7.73. The van der Waals surface area contributed by atoms with Gasteiger partial charge >= 0.3 is 0 Å². The first-order valence-electron chi connectivity index (χ1n) is 9.31. The van der Waals surface area contributed by atoms with Crippen LogP contribution in [-0.2, 0) is 14.3 Å². The third-order valence-corrected chi connectivity index (χ3v) is 5.83. The zero-order valence-corrected chi connectivity index (χ0v) is 16.0. The van der Waals surface area contributed by atoms with Gasteiger partial charge in [0, 0.05) is 12.3 Å². The number of aliphatic hydroxyl groups is 4. The Kier molecular flexibility index (Phi) is 6.64. The van der Waals surface area contributed by atoms with Crippen LogP contribution in [-0.4, -0.2) is 69.1 Å². The summed E-state index contributed by atoms with van der Waals surface area (Å²) in [5.41, 5.74) is -0.924. The number of carbonyl (C=O) groups is 1. The van der Waals surface area contributed by atoms with Crippen molar-refractivity contribution >= 4 is 5.78 Å². The molecular formula is C19H32O7. The smallest absolute Gasteiger partial charge is 0.167 e. The van der Waals surface area contributed by atoms with E-state index in [1.807, 2.05) is 26.0 Å². The third kappa shape index (κ3) is 4.03. The van der Waals surface area contributed by atoms with E-state index in [0.29, 0.717) is 6.42 Å². The Morgan fingerprint density at radius 2 is 2.08 bits per heavy atom. The molecule has 2 heterocycles. The molecule has 2 rings (SSSR count). The normalized spacial score (nSPS) is 41.0. The molecular weight excluding hydrogens is 340 g/mol. The number of rotatable bonds is 8. The fourth-order valence-electron chi connectivity index (χ4n) is 3.93. The summed E-state index contributed by atoms with van der Waals surface area (Å²) in [5.74, 6) is -3.83. The molecule has 2 aliphatic rings. The number of hydrogen-bond donors (Lipinski definition) is 4. The van der Waals surface area contributed by atoms with Crippen LogP contribution in [0.4, 0.5) is 0 Å². The van der Waals surface area contributed by atoms with Crippen LogP contribution < -0.4 is 0 Å². The summed E-state index contributed by atoms with van der Waals surface area (Å²) in [7, 11) is 0. The Labute approximate surface area is 154 Å². The van der Waals surface area contributed by atoms with E-state index in [0.717, 1.165) is 0 Å². The van der Waals surface area contributed by atoms with Crippen LogP contribution in [0.2, 0.25) is 0 Å². The van der Waals surface area contributed by atoms with Crippen molar-refractivity contribution in [3.8, 4) is 0 Å². The standard InChI is InChI=1S/C19H32O7/c1-5-7-11(3)17-18(4,26-17)16(23)12(9-20)15(22)13-10-25-19(24,6-2)8-14(13)21/h5,7,11-14,16-17,20-21,23-24H,6,8-10H2,1-4H3/b7-5-/t11-,12-,13+,14-,16-,17+,18+,19-/m0/s1. The molecule has 26 heavy (non-hydrogen) atoms. The van der Waals surface area contributed by atoms with Crippen molar-refractivity contribution in [1.29, 1.82) is 0 Å². The summed E-state index contributed by atoms with van der Waals surface area (Å²) in [6.07, 6.45) is 1.55. The molecule has 0 aromatic rings. The van der Waals surface area contributed by atoms with E-state index >= 15 is 0 Å². The monoisotopic (exact) mass is 372 g/mol. The van der Waals surface area contributed by atoms with Gasteiger partial charge in [-0.3, -0.25) is 4.79 Å². The van der Waals surface area contributed by atoms with Gasteiger partial charge in [-0.25, -0.2) is 0 Å². The summed E-state index contributed by atoms with van der Waals surface area (Å²) in [6.45, 7) is 6.61. The molecule has 0 saturated carbocycles. The van der Waals surface area contributed by atoms with Gasteiger partial charge in [0.05, 0.1) is 43.4 Å². The maximum absolute atomic E-state index is 12.8. The molecule has 4 N–H and O–H groups in total. The molecule has 0 aliphatic carbocycles. The molecule has 0 aromatic carbocycles. The maximum atomic E-state index is 12.8. The number of ketones is 1. The number of aliphatic hydroxyl groups excluding tert-OH is 3. The van der Waals surface area contributed by atoms with Crippen LogP contribution in [0, 0.1) is 17.8 Å². The summed E-state index contributed by atoms with van der Waals surface area (Å²) < 4.78 is 11.0. The van der Waals surface area contributed by atoms with Gasteiger partial charge in [-0.15, -0.1) is 0 Å². The lowest BCUT2D eigenvalue weighted by Gasteiger charge is -2.39. The van der Waals surface area contributed by atoms with Gasteiger partial charge in [-0.05, 0) is 20.3 Å². The third-order valence-electron chi connectivity index (χ3n) is 5.83. The summed E-state index contributed by atoms with van der Waals surface area (Å²) >= 11 is 0. The van der Waals surface area contributed by atoms with Crippen molar-refractivity contribution in [2.24, 2.45) is 17.8 Å². The molecule has 8 atom stereocenters. The highest BCUT2D eigenvalue weighted by Crippen LogP contribution is 2.47. The Morgan fingerprint density at radius 1 is 1.42 bits per heavy atom. The highest BCUT2D eigenvalue weighted by Gasteiger charge is 2.62. The molecule has 2 aliphatic heterocycles. The predicted molar refractivity (Wildman–Crippen MR) is 94.2 cm³/mol. The first kappa shape index (κ1) is 21.5. The highest BCUT2D eigenvalue weighted by molar-refractivity contribution is 5.85. The average molecular weight is 372 g/mol. The summed E-state index contributed by atoms with van der Waals surface area (Å²) in [4.78, 5) is 12.8. The van der Waals surface area contributed by atoms with Crippen LogP contribution in [0.5, 0.6) is 0 Å². The van der Waals surface area contributed by atoms with Gasteiger partial charge in [0.1, 0.15) is 11.4 Å². The Morgan fingerprint density at radius 3 is 2.58 bits per heavy atom. The minimum atomic E-state index is -1.44. The lowest BCUT2D eigenvalue weighted by Crippen LogP contribution is -2.53. The molecule has 0 unspecified atom stereocenters. The van der Waals surface area contributed by atoms with Crippen molar-refractivity contribution < 1.29 is 34.7 Å². The van der Waals surface area contributed by atoms with E-state index in [1.165, 1.54) is 0 Å². The van der Waals surface area contributed by atoms with Crippen LogP contribution >= 0.6 is 0 Å². The minimum absolute atomic E-state index is 0.0669. The number of Topliss-reactive ketones (excluding diaryl/α,β-unsaturated/α-hetero) is 1. The number of ether oxygens (including phenoxy) is 2. The van der Waals surface area contributed by atoms with E-state index in [1.54, 1.807) is 13.8 Å². The number of hydrogen-bond acceptors (Lipinski definition) is 7. The van der Waals surface area contributed by atoms with Gasteiger partial charge in [0.2, 0.25) is 0 Å². The van der Waals surface area contributed by atoms with E-state index in [9.17, 15) is 25.2 Å². The second kappa shape index (κ2) is 8.04. The molecule has 0 radical (unpaired) electrons. The highest BCUT2D eigenvalue weighted by atomic mass is 16.6. The van der Waals surface area contributed by atoms with Crippen LogP contribution in [0.25, 0.3) is 0 Å². The zero-order valence-electron chi connectivity index (χ0n) is 16.0. The van der Waals surface area contributed by atoms with Crippen molar-refractivity contribution in [3.05, 3.63) is 12.2 Å². The molecule has 150 valence electrons. The quantitative estimate of drug-likeness (QED) is 0.359. The lowest BCUT2D eigenvalue weighted by molar-refractivity contribution is -0.258. The molecule has 7 heteroatoms. The average Bonchev–Trinajstić information content (AvgIpc) is 3.29. The number of carbonyl (C=O) groups excluding carboxylic acids is 1.